The second-order valence-corrected chi connectivity index (χ2v) is 8.26. The number of urea groups is 1. The van der Waals surface area contributed by atoms with E-state index in [1.165, 1.54) is 11.3 Å². The average Bonchev–Trinajstić information content (AvgIpc) is 3.45. The number of hydrogen-bond acceptors (Lipinski definition) is 6. The van der Waals surface area contributed by atoms with Crippen LogP contribution in [-0.4, -0.2) is 46.7 Å². The third-order valence-electron chi connectivity index (χ3n) is 5.09. The van der Waals surface area contributed by atoms with Crippen molar-refractivity contribution in [2.24, 2.45) is 0 Å². The van der Waals surface area contributed by atoms with Crippen molar-refractivity contribution in [2.75, 3.05) is 24.3 Å². The van der Waals surface area contributed by atoms with Crippen LogP contribution in [0.5, 0.6) is 5.75 Å². The van der Waals surface area contributed by atoms with Gasteiger partial charge in [0, 0.05) is 17.8 Å². The molecule has 4 rings (SSSR count). The van der Waals surface area contributed by atoms with Gasteiger partial charge in [-0.1, -0.05) is 41.2 Å². The molecule has 1 saturated heterocycles. The van der Waals surface area contributed by atoms with Gasteiger partial charge in [-0.3, -0.25) is 10.1 Å². The molecular weight excluding hydrogens is 414 g/mol. The maximum Gasteiger partial charge on any atom is 0.322 e. The Labute approximate surface area is 184 Å². The molecule has 2 heterocycles. The summed E-state index contributed by atoms with van der Waals surface area (Å²) in [5.41, 5.74) is 2.67. The topological polar surface area (TPSA) is 96.5 Å². The Balaban J connectivity index is 1.41. The van der Waals surface area contributed by atoms with E-state index in [0.29, 0.717) is 28.8 Å². The number of benzene rings is 2. The Bertz CT molecular complexity index is 1080. The summed E-state index contributed by atoms with van der Waals surface area (Å²) in [7, 11) is 1.60. The number of anilines is 2. The molecule has 1 aliphatic rings. The molecule has 1 atom stereocenters. The summed E-state index contributed by atoms with van der Waals surface area (Å²) in [5, 5.41) is 15.0. The number of methoxy groups -OCH3 is 1. The zero-order valence-corrected chi connectivity index (χ0v) is 18.1. The molecule has 0 spiro atoms. The van der Waals surface area contributed by atoms with Gasteiger partial charge < -0.3 is 15.0 Å². The first-order chi connectivity index (χ1) is 15.0. The molecule has 9 heteroatoms. The molecule has 0 bridgehead atoms. The van der Waals surface area contributed by atoms with E-state index in [4.69, 9.17) is 4.74 Å². The molecule has 0 saturated carbocycles. The standard InChI is InChI=1S/C22H23N5O3S/c1-14-8-10-16(11-9-14)23-22(29)27-12-4-7-18(27)19(28)24-21-26-25-20(31-21)15-5-3-6-17(13-15)30-2/h3,5-6,8-11,13,18H,4,7,12H2,1-2H3,(H,23,29)(H,24,26,28). The molecule has 8 nitrogen and oxygen atoms in total. The number of amides is 3. The van der Waals surface area contributed by atoms with Crippen LogP contribution in [0.1, 0.15) is 18.4 Å². The van der Waals surface area contributed by atoms with Crippen LogP contribution in [0.2, 0.25) is 0 Å². The molecule has 1 unspecified atom stereocenters. The van der Waals surface area contributed by atoms with E-state index in [2.05, 4.69) is 20.8 Å². The lowest BCUT2D eigenvalue weighted by molar-refractivity contribution is -0.119. The predicted molar refractivity (Wildman–Crippen MR) is 120 cm³/mol. The van der Waals surface area contributed by atoms with Gasteiger partial charge in [0.25, 0.3) is 0 Å². The van der Waals surface area contributed by atoms with E-state index >= 15 is 0 Å². The van der Waals surface area contributed by atoms with Crippen LogP contribution in [0, 0.1) is 6.92 Å². The van der Waals surface area contributed by atoms with Crippen molar-refractivity contribution in [2.45, 2.75) is 25.8 Å². The lowest BCUT2D eigenvalue weighted by Crippen LogP contribution is -2.45. The third-order valence-corrected chi connectivity index (χ3v) is 5.98. The van der Waals surface area contributed by atoms with Gasteiger partial charge in [0.2, 0.25) is 11.0 Å². The molecule has 3 amide bonds. The quantitative estimate of drug-likeness (QED) is 0.625. The van der Waals surface area contributed by atoms with Crippen LogP contribution in [0.4, 0.5) is 15.6 Å². The Morgan fingerprint density at radius 3 is 2.71 bits per heavy atom. The van der Waals surface area contributed by atoms with Gasteiger partial charge in [0.05, 0.1) is 7.11 Å². The average molecular weight is 438 g/mol. The highest BCUT2D eigenvalue weighted by atomic mass is 32.1. The minimum absolute atomic E-state index is 0.259. The highest BCUT2D eigenvalue weighted by molar-refractivity contribution is 7.18. The molecule has 0 radical (unpaired) electrons. The minimum atomic E-state index is -0.547. The molecule has 1 aromatic heterocycles. The smallest absolute Gasteiger partial charge is 0.322 e. The number of nitrogens with zero attached hydrogens (tertiary/aromatic N) is 3. The molecule has 0 aliphatic carbocycles. The van der Waals surface area contributed by atoms with Gasteiger partial charge in [-0.2, -0.15) is 0 Å². The summed E-state index contributed by atoms with van der Waals surface area (Å²) in [4.78, 5) is 27.1. The van der Waals surface area contributed by atoms with Crippen molar-refractivity contribution in [3.8, 4) is 16.3 Å². The second-order valence-electron chi connectivity index (χ2n) is 7.28. The lowest BCUT2D eigenvalue weighted by atomic mass is 10.2. The van der Waals surface area contributed by atoms with E-state index < -0.39 is 6.04 Å². The molecule has 3 aromatic rings. The van der Waals surface area contributed by atoms with Crippen LogP contribution in [0.3, 0.4) is 0 Å². The summed E-state index contributed by atoms with van der Waals surface area (Å²) >= 11 is 1.28. The summed E-state index contributed by atoms with van der Waals surface area (Å²) in [6, 6.07) is 14.2. The Hall–Kier alpha value is -3.46. The molecule has 1 fully saturated rings. The van der Waals surface area contributed by atoms with Gasteiger partial charge >= 0.3 is 6.03 Å². The van der Waals surface area contributed by atoms with E-state index in [0.717, 1.165) is 23.3 Å². The highest BCUT2D eigenvalue weighted by Crippen LogP contribution is 2.29. The number of carbonyl (C=O) groups excluding carboxylic acids is 2. The molecule has 1 aliphatic heterocycles. The van der Waals surface area contributed by atoms with Gasteiger partial charge in [-0.25, -0.2) is 4.79 Å². The molecule has 160 valence electrons. The van der Waals surface area contributed by atoms with E-state index in [-0.39, 0.29) is 11.9 Å². The first-order valence-electron chi connectivity index (χ1n) is 9.96. The molecular formula is C22H23N5O3S. The minimum Gasteiger partial charge on any atom is -0.497 e. The number of aryl methyl sites for hydroxylation is 1. The number of likely N-dealkylation sites (tertiary alicyclic amines) is 1. The fourth-order valence-corrected chi connectivity index (χ4v) is 4.19. The number of nitrogens with one attached hydrogen (secondary N) is 2. The van der Waals surface area contributed by atoms with Crippen LogP contribution in [-0.2, 0) is 4.79 Å². The fourth-order valence-electron chi connectivity index (χ4n) is 3.45. The zero-order chi connectivity index (χ0) is 21.8. The highest BCUT2D eigenvalue weighted by Gasteiger charge is 2.34. The number of aromatic nitrogens is 2. The number of hydrogen-bond donors (Lipinski definition) is 2. The Kier molecular flexibility index (Phi) is 6.13. The van der Waals surface area contributed by atoms with Crippen molar-refractivity contribution in [1.29, 1.82) is 0 Å². The largest absolute Gasteiger partial charge is 0.497 e. The Morgan fingerprint density at radius 2 is 1.94 bits per heavy atom. The molecule has 31 heavy (non-hydrogen) atoms. The van der Waals surface area contributed by atoms with Crippen molar-refractivity contribution in [1.82, 2.24) is 15.1 Å². The van der Waals surface area contributed by atoms with Crippen LogP contribution in [0.15, 0.2) is 48.5 Å². The van der Waals surface area contributed by atoms with Crippen molar-refractivity contribution in [3.05, 3.63) is 54.1 Å². The van der Waals surface area contributed by atoms with Crippen LogP contribution < -0.4 is 15.4 Å². The fraction of sp³-hybridized carbons (Fsp3) is 0.273. The summed E-state index contributed by atoms with van der Waals surface area (Å²) in [5.74, 6) is 0.462. The maximum absolute atomic E-state index is 12.9. The summed E-state index contributed by atoms with van der Waals surface area (Å²) in [6.07, 6.45) is 1.37. The predicted octanol–water partition coefficient (Wildman–Crippen LogP) is 4.16. The monoisotopic (exact) mass is 437 g/mol. The van der Waals surface area contributed by atoms with E-state index in [1.54, 1.807) is 12.0 Å². The lowest BCUT2D eigenvalue weighted by Gasteiger charge is -2.23. The first-order valence-corrected chi connectivity index (χ1v) is 10.8. The SMILES string of the molecule is COc1cccc(-c2nnc(NC(=O)C3CCCN3C(=O)Nc3ccc(C)cc3)s2)c1. The van der Waals surface area contributed by atoms with Gasteiger partial charge in [0.1, 0.15) is 16.8 Å². The van der Waals surface area contributed by atoms with Crippen molar-refractivity contribution >= 4 is 34.1 Å². The van der Waals surface area contributed by atoms with Gasteiger partial charge in [-0.05, 0) is 44.0 Å². The van der Waals surface area contributed by atoms with Crippen LogP contribution >= 0.6 is 11.3 Å². The molecule has 2 aromatic carbocycles. The van der Waals surface area contributed by atoms with Crippen molar-refractivity contribution in [3.63, 3.8) is 0 Å². The number of ether oxygens (including phenoxy) is 1. The summed E-state index contributed by atoms with van der Waals surface area (Å²) < 4.78 is 5.24. The normalized spacial score (nSPS) is 15.5. The Morgan fingerprint density at radius 1 is 1.13 bits per heavy atom. The number of rotatable bonds is 5. The number of carbonyl (C=O) groups is 2. The van der Waals surface area contributed by atoms with Crippen LogP contribution in [0.25, 0.3) is 10.6 Å². The molecule has 2 N–H and O–H groups in total. The third kappa shape index (κ3) is 4.83. The summed E-state index contributed by atoms with van der Waals surface area (Å²) in [6.45, 7) is 2.51. The van der Waals surface area contributed by atoms with E-state index in [1.807, 2.05) is 55.5 Å². The second kappa shape index (κ2) is 9.13. The van der Waals surface area contributed by atoms with E-state index in [9.17, 15) is 9.59 Å². The zero-order valence-electron chi connectivity index (χ0n) is 17.3. The first kappa shape index (κ1) is 20.8. The maximum atomic E-state index is 12.9. The van der Waals surface area contributed by atoms with Gasteiger partial charge in [0.15, 0.2) is 0 Å². The van der Waals surface area contributed by atoms with Gasteiger partial charge in [-0.15, -0.1) is 10.2 Å². The van der Waals surface area contributed by atoms with Crippen molar-refractivity contribution < 1.29 is 14.3 Å².